The molecule has 1 unspecified atom stereocenters. The number of thioether (sulfide) groups is 1. The number of rotatable bonds is 8. The van der Waals surface area contributed by atoms with Crippen molar-refractivity contribution in [1.82, 2.24) is 9.97 Å². The Balaban J connectivity index is 0.00000228. The van der Waals surface area contributed by atoms with Gasteiger partial charge in [0.05, 0.1) is 10.7 Å². The molecule has 0 spiro atoms. The molecular formula is C29H41N3OS. The van der Waals surface area contributed by atoms with Crippen LogP contribution in [-0.2, 0) is 24.0 Å². The molecule has 2 aromatic heterocycles. The van der Waals surface area contributed by atoms with E-state index < -0.39 is 0 Å². The molecule has 0 saturated carbocycles. The van der Waals surface area contributed by atoms with Gasteiger partial charge in [-0.3, -0.25) is 10.4 Å². The number of benzene rings is 1. The monoisotopic (exact) mass is 479 g/mol. The minimum atomic E-state index is 0. The number of nitrogens with zero attached hydrogens (tertiary/aromatic N) is 1. The van der Waals surface area contributed by atoms with Gasteiger partial charge in [-0.05, 0) is 98.4 Å². The fourth-order valence-corrected chi connectivity index (χ4v) is 5.47. The Morgan fingerprint density at radius 1 is 1.06 bits per heavy atom. The molecule has 0 aliphatic carbocycles. The van der Waals surface area contributed by atoms with Gasteiger partial charge in [-0.2, -0.15) is 0 Å². The van der Waals surface area contributed by atoms with Gasteiger partial charge in [-0.25, -0.2) is 0 Å². The molecule has 1 saturated heterocycles. The highest BCUT2D eigenvalue weighted by Gasteiger charge is 2.19. The third kappa shape index (κ3) is 6.00. The first kappa shape index (κ1) is 24.7. The molecule has 5 heteroatoms. The molecule has 1 atom stereocenters. The summed E-state index contributed by atoms with van der Waals surface area (Å²) in [6.45, 7) is 6.10. The maximum Gasteiger partial charge on any atom is 0.0961 e. The van der Waals surface area contributed by atoms with Crippen LogP contribution in [-0.4, -0.2) is 34.5 Å². The number of hydrogen-bond acceptors (Lipinski definition) is 4. The van der Waals surface area contributed by atoms with Crippen molar-refractivity contribution < 1.29 is 7.59 Å². The molecule has 0 amide bonds. The van der Waals surface area contributed by atoms with Crippen LogP contribution in [0, 0.1) is 19.3 Å². The normalized spacial score (nSPS) is 16.4. The second-order valence-corrected chi connectivity index (χ2v) is 10.2. The minimum absolute atomic E-state index is 0. The lowest BCUT2D eigenvalue weighted by Gasteiger charge is -2.18. The van der Waals surface area contributed by atoms with Crippen molar-refractivity contribution in [3.63, 3.8) is 0 Å². The molecule has 3 aromatic rings. The van der Waals surface area contributed by atoms with Crippen LogP contribution in [0.25, 0.3) is 0 Å². The Morgan fingerprint density at radius 3 is 2.62 bits per heavy atom. The molecule has 3 heterocycles. The van der Waals surface area contributed by atoms with Gasteiger partial charge in [0.1, 0.15) is 0 Å². The summed E-state index contributed by atoms with van der Waals surface area (Å²) in [5, 5.41) is 9.19. The predicted molar refractivity (Wildman–Crippen MR) is 148 cm³/mol. The van der Waals surface area contributed by atoms with E-state index in [1.807, 2.05) is 12.5 Å². The van der Waals surface area contributed by atoms with Gasteiger partial charge in [0, 0.05) is 46.1 Å². The Kier molecular flexibility index (Phi) is 8.63. The molecule has 1 aliphatic heterocycles. The molecule has 34 heavy (non-hydrogen) atoms. The summed E-state index contributed by atoms with van der Waals surface area (Å²) in [5.41, 5.74) is 9.73. The van der Waals surface area contributed by atoms with Crippen LogP contribution in [0.4, 0.5) is 0 Å². The van der Waals surface area contributed by atoms with Gasteiger partial charge < -0.3 is 9.72 Å². The maximum absolute atomic E-state index is 8.57. The van der Waals surface area contributed by atoms with Gasteiger partial charge in [-0.15, -0.1) is 11.8 Å². The molecule has 184 valence electrons. The largest absolute Gasteiger partial charge is 0.381 e. The molecule has 0 bridgehead atoms. The van der Waals surface area contributed by atoms with Crippen LogP contribution in [0.15, 0.2) is 42.7 Å². The molecule has 1 aliphatic rings. The molecule has 4 nitrogen and oxygen atoms in total. The van der Waals surface area contributed by atoms with Crippen molar-refractivity contribution in [3.8, 4) is 0 Å². The summed E-state index contributed by atoms with van der Waals surface area (Å²) in [7, 11) is 0. The second kappa shape index (κ2) is 11.9. The zero-order chi connectivity index (χ0) is 23.9. The summed E-state index contributed by atoms with van der Waals surface area (Å²) < 4.78 is 5.64. The van der Waals surface area contributed by atoms with Gasteiger partial charge >= 0.3 is 0 Å². The van der Waals surface area contributed by atoms with Crippen LogP contribution in [0.5, 0.6) is 0 Å². The average Bonchev–Trinajstić information content (AvgIpc) is 3.22. The topological polar surface area (TPSA) is 61.8 Å². The first-order valence-corrected chi connectivity index (χ1v) is 13.7. The van der Waals surface area contributed by atoms with Gasteiger partial charge in [0.25, 0.3) is 0 Å². The Morgan fingerprint density at radius 2 is 1.88 bits per heavy atom. The number of nitrogens with one attached hydrogen (secondary N) is 2. The Labute approximate surface area is 211 Å². The predicted octanol–water partition coefficient (Wildman–Crippen LogP) is 7.26. The van der Waals surface area contributed by atoms with Crippen LogP contribution in [0.1, 0.15) is 79.2 Å². The zero-order valence-electron chi connectivity index (χ0n) is 20.7. The van der Waals surface area contributed by atoms with Crippen LogP contribution >= 0.6 is 11.8 Å². The van der Waals surface area contributed by atoms with E-state index in [1.54, 1.807) is 0 Å². The number of hydrogen-bond donors (Lipinski definition) is 2. The van der Waals surface area contributed by atoms with Crippen molar-refractivity contribution in [2.45, 2.75) is 64.7 Å². The highest BCUT2D eigenvalue weighted by molar-refractivity contribution is 8.13. The van der Waals surface area contributed by atoms with E-state index in [0.29, 0.717) is 11.0 Å². The summed E-state index contributed by atoms with van der Waals surface area (Å²) in [6, 6.07) is 11.3. The lowest BCUT2D eigenvalue weighted by Crippen LogP contribution is -2.12. The Hall–Kier alpha value is -2.37. The maximum atomic E-state index is 8.57. The molecule has 1 fully saturated rings. The number of H-pyrrole nitrogens is 1. The lowest BCUT2D eigenvalue weighted by atomic mass is 9.90. The number of ether oxygens (including phenoxy) is 1. The van der Waals surface area contributed by atoms with Gasteiger partial charge in [0.15, 0.2) is 0 Å². The summed E-state index contributed by atoms with van der Waals surface area (Å²) >= 11 is 1.50. The van der Waals surface area contributed by atoms with E-state index >= 15 is 0 Å². The number of aryl methyl sites for hydroxylation is 2. The van der Waals surface area contributed by atoms with Crippen LogP contribution in [0.2, 0.25) is 0 Å². The fraction of sp³-hybridized carbons (Fsp3) is 0.448. The number of pyridine rings is 1. The van der Waals surface area contributed by atoms with Crippen molar-refractivity contribution in [2.75, 3.05) is 19.5 Å². The van der Waals surface area contributed by atoms with E-state index in [-0.39, 0.29) is 2.85 Å². The summed E-state index contributed by atoms with van der Waals surface area (Å²) in [6.07, 6.45) is 13.3. The van der Waals surface area contributed by atoms with Gasteiger partial charge in [-0.1, -0.05) is 24.3 Å². The SMILES string of the molecule is CSC(=N)c1c(CCCc2cc[nH]c2)nc(Cc2ccc(C3CCCOCC3)cc2)c(C)c1C.[HH].[HH]. The zero-order valence-corrected chi connectivity index (χ0v) is 21.6. The third-order valence-electron chi connectivity index (χ3n) is 7.18. The van der Waals surface area contributed by atoms with Crippen molar-refractivity contribution in [1.29, 1.82) is 5.41 Å². The lowest BCUT2D eigenvalue weighted by molar-refractivity contribution is 0.143. The summed E-state index contributed by atoms with van der Waals surface area (Å²) in [5.74, 6) is 0.613. The standard InChI is InChI=1S/C29H37N3OS.2H2/c1-20-21(2)28(29(30)34-3)26(8-4-6-23-13-15-31-19-23)32-27(20)18-22-9-11-25(12-10-22)24-7-5-16-33-17-14-24;;/h9-13,15,19,24,30-31H,4-8,14,16-18H2,1-3H3;2*1H. The van der Waals surface area contributed by atoms with Gasteiger partial charge in [0.2, 0.25) is 0 Å². The molecule has 2 N–H and O–H groups in total. The van der Waals surface area contributed by atoms with Crippen molar-refractivity contribution in [2.24, 2.45) is 0 Å². The molecule has 1 aromatic carbocycles. The average molecular weight is 480 g/mol. The first-order valence-electron chi connectivity index (χ1n) is 12.5. The van der Waals surface area contributed by atoms with E-state index in [1.165, 1.54) is 46.0 Å². The highest BCUT2D eigenvalue weighted by Crippen LogP contribution is 2.29. The molecular weight excluding hydrogens is 438 g/mol. The van der Waals surface area contributed by atoms with Crippen LogP contribution in [0.3, 0.4) is 0 Å². The molecule has 4 rings (SSSR count). The van der Waals surface area contributed by atoms with E-state index in [9.17, 15) is 0 Å². The minimum Gasteiger partial charge on any atom is -0.381 e. The smallest absolute Gasteiger partial charge is 0.0961 e. The summed E-state index contributed by atoms with van der Waals surface area (Å²) in [4.78, 5) is 8.30. The second-order valence-electron chi connectivity index (χ2n) is 9.39. The van der Waals surface area contributed by atoms with Crippen molar-refractivity contribution in [3.05, 3.63) is 87.5 Å². The quantitative estimate of drug-likeness (QED) is 0.264. The Bertz CT molecular complexity index is 1090. The van der Waals surface area contributed by atoms with E-state index in [0.717, 1.165) is 68.7 Å². The molecule has 0 radical (unpaired) electrons. The number of aromatic nitrogens is 2. The number of aromatic amines is 1. The third-order valence-corrected chi connectivity index (χ3v) is 7.79. The highest BCUT2D eigenvalue weighted by atomic mass is 32.2. The van der Waals surface area contributed by atoms with E-state index in [2.05, 4.69) is 55.4 Å². The first-order chi connectivity index (χ1) is 16.6. The van der Waals surface area contributed by atoms with E-state index in [4.69, 9.17) is 15.1 Å². The fourth-order valence-electron chi connectivity index (χ4n) is 4.99. The van der Waals surface area contributed by atoms with Crippen LogP contribution < -0.4 is 0 Å². The van der Waals surface area contributed by atoms with Crippen molar-refractivity contribution >= 4 is 16.8 Å².